The Hall–Kier alpha value is -1.87. The van der Waals surface area contributed by atoms with Crippen molar-refractivity contribution in [2.45, 2.75) is 51.9 Å². The lowest BCUT2D eigenvalue weighted by Crippen LogP contribution is -2.14. The second-order valence-electron chi connectivity index (χ2n) is 7.88. The molecule has 0 bridgehead atoms. The summed E-state index contributed by atoms with van der Waals surface area (Å²) in [6, 6.07) is 8.66. The molecule has 2 nitrogen and oxygen atoms in total. The smallest absolute Gasteiger partial charge is 0.124 e. The molecule has 0 radical (unpaired) electrons. The first kappa shape index (κ1) is 16.3. The molecule has 1 atom stereocenters. The van der Waals surface area contributed by atoms with Crippen LogP contribution in [0.4, 0.5) is 0 Å². The van der Waals surface area contributed by atoms with E-state index in [4.69, 9.17) is 9.72 Å². The summed E-state index contributed by atoms with van der Waals surface area (Å²) in [5.41, 5.74) is 7.25. The molecule has 3 heteroatoms. The van der Waals surface area contributed by atoms with E-state index < -0.39 is 0 Å². The first-order chi connectivity index (χ1) is 12.7. The third kappa shape index (κ3) is 2.56. The lowest BCUT2D eigenvalue weighted by atomic mass is 9.81. The van der Waals surface area contributed by atoms with Crippen molar-refractivity contribution >= 4 is 21.6 Å². The number of pyridine rings is 1. The Morgan fingerprint density at radius 3 is 2.65 bits per heavy atom. The van der Waals surface area contributed by atoms with Crippen molar-refractivity contribution in [3.8, 4) is 16.9 Å². The Kier molecular flexibility index (Phi) is 4.00. The van der Waals surface area contributed by atoms with Crippen molar-refractivity contribution in [2.24, 2.45) is 5.92 Å². The maximum absolute atomic E-state index is 5.39. The molecule has 0 unspecified atom stereocenters. The number of aryl methyl sites for hydroxylation is 3. The van der Waals surface area contributed by atoms with E-state index in [2.05, 4.69) is 31.2 Å². The molecular formula is C23H25NOS. The zero-order valence-corrected chi connectivity index (χ0v) is 16.4. The Morgan fingerprint density at radius 1 is 1.04 bits per heavy atom. The van der Waals surface area contributed by atoms with Gasteiger partial charge in [0.15, 0.2) is 0 Å². The van der Waals surface area contributed by atoms with Crippen molar-refractivity contribution in [3.05, 3.63) is 46.0 Å². The molecule has 26 heavy (non-hydrogen) atoms. The zero-order chi connectivity index (χ0) is 17.7. The first-order valence-corrected chi connectivity index (χ1v) is 10.7. The molecule has 0 aliphatic heterocycles. The van der Waals surface area contributed by atoms with Gasteiger partial charge in [-0.15, -0.1) is 11.3 Å². The van der Waals surface area contributed by atoms with E-state index in [1.807, 2.05) is 11.3 Å². The molecule has 2 aromatic heterocycles. The third-order valence-electron chi connectivity index (χ3n) is 6.09. The molecule has 0 fully saturated rings. The highest BCUT2D eigenvalue weighted by atomic mass is 32.1. The Morgan fingerprint density at radius 2 is 1.85 bits per heavy atom. The van der Waals surface area contributed by atoms with Crippen molar-refractivity contribution in [3.63, 3.8) is 0 Å². The summed E-state index contributed by atoms with van der Waals surface area (Å²) in [6.45, 7) is 2.38. The summed E-state index contributed by atoms with van der Waals surface area (Å²) >= 11 is 1.95. The first-order valence-electron chi connectivity index (χ1n) is 9.85. The number of methoxy groups -OCH3 is 1. The summed E-state index contributed by atoms with van der Waals surface area (Å²) in [5, 5.41) is 1.46. The van der Waals surface area contributed by atoms with Gasteiger partial charge in [-0.1, -0.05) is 19.1 Å². The van der Waals surface area contributed by atoms with Crippen LogP contribution >= 0.6 is 11.3 Å². The summed E-state index contributed by atoms with van der Waals surface area (Å²) in [5.74, 6) is 1.67. The third-order valence-corrected chi connectivity index (χ3v) is 7.28. The van der Waals surface area contributed by atoms with E-state index in [1.54, 1.807) is 17.6 Å². The minimum Gasteiger partial charge on any atom is -0.497 e. The average molecular weight is 364 g/mol. The minimum absolute atomic E-state index is 0.744. The number of thiophene rings is 1. The second-order valence-corrected chi connectivity index (χ2v) is 8.96. The largest absolute Gasteiger partial charge is 0.497 e. The van der Waals surface area contributed by atoms with Crippen LogP contribution in [-0.4, -0.2) is 12.1 Å². The van der Waals surface area contributed by atoms with E-state index in [1.165, 1.54) is 64.7 Å². The highest BCUT2D eigenvalue weighted by molar-refractivity contribution is 7.19. The van der Waals surface area contributed by atoms with Crippen LogP contribution in [0.5, 0.6) is 5.75 Å². The van der Waals surface area contributed by atoms with Crippen molar-refractivity contribution in [1.82, 2.24) is 4.98 Å². The predicted molar refractivity (Wildman–Crippen MR) is 109 cm³/mol. The van der Waals surface area contributed by atoms with Gasteiger partial charge < -0.3 is 4.74 Å². The number of hydrogen-bond donors (Lipinski definition) is 0. The maximum atomic E-state index is 5.39. The van der Waals surface area contributed by atoms with Gasteiger partial charge in [0.1, 0.15) is 10.6 Å². The summed E-state index contributed by atoms with van der Waals surface area (Å²) in [7, 11) is 1.73. The molecule has 2 aliphatic carbocycles. The van der Waals surface area contributed by atoms with Gasteiger partial charge in [0.25, 0.3) is 0 Å². The Labute approximate surface area is 159 Å². The van der Waals surface area contributed by atoms with E-state index >= 15 is 0 Å². The van der Waals surface area contributed by atoms with Gasteiger partial charge in [0.05, 0.1) is 7.11 Å². The molecule has 2 aliphatic rings. The summed E-state index contributed by atoms with van der Waals surface area (Å²) in [6.07, 6.45) is 8.64. The molecule has 0 spiro atoms. The highest BCUT2D eigenvalue weighted by Crippen LogP contribution is 2.45. The molecule has 5 rings (SSSR count). The maximum Gasteiger partial charge on any atom is 0.124 e. The van der Waals surface area contributed by atoms with Gasteiger partial charge >= 0.3 is 0 Å². The summed E-state index contributed by atoms with van der Waals surface area (Å²) < 4.78 is 5.39. The lowest BCUT2D eigenvalue weighted by molar-refractivity contribution is 0.415. The van der Waals surface area contributed by atoms with Gasteiger partial charge in [-0.05, 0) is 85.3 Å². The van der Waals surface area contributed by atoms with Crippen LogP contribution in [0, 0.1) is 5.92 Å². The SMILES string of the molecule is COc1ccc(-c2c3c(nc4sc5c(c24)CCCC5)CC[C@@H](C)C3)cc1. The second kappa shape index (κ2) is 6.38. The average Bonchev–Trinajstić information content (AvgIpc) is 3.04. The molecule has 0 amide bonds. The van der Waals surface area contributed by atoms with Crippen LogP contribution in [0.25, 0.3) is 21.3 Å². The van der Waals surface area contributed by atoms with Crippen LogP contribution in [0.3, 0.4) is 0 Å². The van der Waals surface area contributed by atoms with Gasteiger partial charge in [-0.25, -0.2) is 4.98 Å². The molecule has 3 aromatic rings. The number of hydrogen-bond acceptors (Lipinski definition) is 3. The molecular weight excluding hydrogens is 338 g/mol. The Bertz CT molecular complexity index is 970. The molecule has 0 saturated carbocycles. The highest BCUT2D eigenvalue weighted by Gasteiger charge is 2.27. The normalized spacial score (nSPS) is 19.2. The van der Waals surface area contributed by atoms with Crippen LogP contribution in [0.1, 0.15) is 47.9 Å². The van der Waals surface area contributed by atoms with Gasteiger partial charge in [0.2, 0.25) is 0 Å². The van der Waals surface area contributed by atoms with Crippen LogP contribution in [0.15, 0.2) is 24.3 Å². The fourth-order valence-electron chi connectivity index (χ4n) is 4.71. The number of fused-ring (bicyclic) bond motifs is 4. The number of ether oxygens (including phenoxy) is 1. The van der Waals surface area contributed by atoms with Crippen LogP contribution in [0.2, 0.25) is 0 Å². The quantitative estimate of drug-likeness (QED) is 0.559. The standard InChI is InChI=1S/C23H25NOS/c1-14-7-12-19-18(13-14)21(15-8-10-16(25-2)11-9-15)22-17-5-3-4-6-20(17)26-23(22)24-19/h8-11,14H,3-7,12-13H2,1-2H3/t14-/m1/s1. The van der Waals surface area contributed by atoms with Crippen LogP contribution < -0.4 is 4.74 Å². The number of aromatic nitrogens is 1. The molecule has 0 N–H and O–H groups in total. The lowest BCUT2D eigenvalue weighted by Gasteiger charge is -2.25. The number of benzene rings is 1. The van der Waals surface area contributed by atoms with Crippen molar-refractivity contribution in [1.29, 1.82) is 0 Å². The van der Waals surface area contributed by atoms with Crippen molar-refractivity contribution in [2.75, 3.05) is 7.11 Å². The fourth-order valence-corrected chi connectivity index (χ4v) is 6.00. The van der Waals surface area contributed by atoms with E-state index in [0.29, 0.717) is 0 Å². The van der Waals surface area contributed by atoms with Crippen LogP contribution in [-0.2, 0) is 25.7 Å². The molecule has 0 saturated heterocycles. The summed E-state index contributed by atoms with van der Waals surface area (Å²) in [4.78, 5) is 8.03. The number of rotatable bonds is 2. The van der Waals surface area contributed by atoms with Gasteiger partial charge in [-0.3, -0.25) is 0 Å². The van der Waals surface area contributed by atoms with E-state index in [0.717, 1.165) is 24.5 Å². The van der Waals surface area contributed by atoms with Crippen molar-refractivity contribution < 1.29 is 4.74 Å². The van der Waals surface area contributed by atoms with E-state index in [-0.39, 0.29) is 0 Å². The molecule has 2 heterocycles. The number of nitrogens with zero attached hydrogens (tertiary/aromatic N) is 1. The molecule has 1 aromatic carbocycles. The van der Waals surface area contributed by atoms with E-state index in [9.17, 15) is 0 Å². The zero-order valence-electron chi connectivity index (χ0n) is 15.6. The fraction of sp³-hybridized carbons (Fsp3) is 0.435. The Balaban J connectivity index is 1.82. The predicted octanol–water partition coefficient (Wildman–Crippen LogP) is 5.98. The molecule has 134 valence electrons. The minimum atomic E-state index is 0.744. The monoisotopic (exact) mass is 363 g/mol. The van der Waals surface area contributed by atoms with Gasteiger partial charge in [0, 0.05) is 16.0 Å². The van der Waals surface area contributed by atoms with Gasteiger partial charge in [-0.2, -0.15) is 0 Å². The topological polar surface area (TPSA) is 22.1 Å².